The first-order chi connectivity index (χ1) is 8.85. The molecule has 1 fully saturated rings. The lowest BCUT2D eigenvalue weighted by Gasteiger charge is -2.25. The molecule has 0 amide bonds. The average Bonchev–Trinajstić information content (AvgIpc) is 2.80. The third-order valence-electron chi connectivity index (χ3n) is 3.58. The number of para-hydroxylation sites is 1. The fraction of sp³-hybridized carbons (Fsp3) is 0.600. The molecule has 0 bridgehead atoms. The van der Waals surface area contributed by atoms with E-state index in [1.54, 1.807) is 0 Å². The number of nitrogens with zero attached hydrogens (tertiary/aromatic N) is 1. The molecule has 0 radical (unpaired) electrons. The first kappa shape index (κ1) is 13.4. The summed E-state index contributed by atoms with van der Waals surface area (Å²) in [4.78, 5) is 2.56. The number of likely N-dealkylation sites (tertiary alicyclic amines) is 1. The lowest BCUT2D eigenvalue weighted by molar-refractivity contribution is 0.236. The molecule has 3 heteroatoms. The van der Waals surface area contributed by atoms with Gasteiger partial charge in [-0.1, -0.05) is 18.2 Å². The van der Waals surface area contributed by atoms with E-state index in [2.05, 4.69) is 28.4 Å². The molecule has 1 aromatic rings. The Morgan fingerprint density at radius 2 is 2.22 bits per heavy atom. The molecule has 1 saturated heterocycles. The zero-order valence-corrected chi connectivity index (χ0v) is 11.5. The van der Waals surface area contributed by atoms with Crippen LogP contribution in [0.4, 0.5) is 0 Å². The summed E-state index contributed by atoms with van der Waals surface area (Å²) in [6, 6.07) is 9.07. The van der Waals surface area contributed by atoms with Crippen LogP contribution in [0.5, 0.6) is 5.75 Å². The Balaban J connectivity index is 2.03. The first-order valence-corrected chi connectivity index (χ1v) is 6.94. The summed E-state index contributed by atoms with van der Waals surface area (Å²) in [6.45, 7) is 6.06. The van der Waals surface area contributed by atoms with Gasteiger partial charge in [-0.25, -0.2) is 0 Å². The predicted molar refractivity (Wildman–Crippen MR) is 75.0 cm³/mol. The van der Waals surface area contributed by atoms with E-state index in [-0.39, 0.29) is 0 Å². The summed E-state index contributed by atoms with van der Waals surface area (Å²) in [5.41, 5.74) is 1.31. The number of rotatable bonds is 6. The second kappa shape index (κ2) is 6.76. The molecule has 1 heterocycles. The first-order valence-electron chi connectivity index (χ1n) is 6.94. The number of nitrogens with one attached hydrogen (secondary N) is 1. The van der Waals surface area contributed by atoms with E-state index in [0.717, 1.165) is 25.4 Å². The summed E-state index contributed by atoms with van der Waals surface area (Å²) in [7, 11) is 2.03. The van der Waals surface area contributed by atoms with Gasteiger partial charge in [-0.2, -0.15) is 0 Å². The van der Waals surface area contributed by atoms with Gasteiger partial charge in [0.25, 0.3) is 0 Å². The van der Waals surface area contributed by atoms with Crippen LogP contribution < -0.4 is 10.1 Å². The van der Waals surface area contributed by atoms with E-state index in [9.17, 15) is 0 Å². The zero-order chi connectivity index (χ0) is 12.8. The summed E-state index contributed by atoms with van der Waals surface area (Å²) in [5, 5.41) is 3.29. The molecule has 1 atom stereocenters. The Labute approximate surface area is 110 Å². The van der Waals surface area contributed by atoms with E-state index in [4.69, 9.17) is 4.74 Å². The van der Waals surface area contributed by atoms with Crippen molar-refractivity contribution in [2.24, 2.45) is 0 Å². The van der Waals surface area contributed by atoms with Gasteiger partial charge in [0.1, 0.15) is 5.75 Å². The lowest BCUT2D eigenvalue weighted by Crippen LogP contribution is -2.36. The average molecular weight is 248 g/mol. The highest BCUT2D eigenvalue weighted by atomic mass is 16.5. The van der Waals surface area contributed by atoms with Crippen molar-refractivity contribution >= 4 is 0 Å². The molecule has 1 aliphatic rings. The molecule has 0 aromatic heterocycles. The highest BCUT2D eigenvalue weighted by Gasteiger charge is 2.24. The van der Waals surface area contributed by atoms with Gasteiger partial charge in [0.2, 0.25) is 0 Å². The SMILES string of the molecule is CCOc1ccccc1CN1CCCC1CNC. The topological polar surface area (TPSA) is 24.5 Å². The van der Waals surface area contributed by atoms with Crippen molar-refractivity contribution in [3.05, 3.63) is 29.8 Å². The van der Waals surface area contributed by atoms with E-state index in [1.807, 2.05) is 20.0 Å². The van der Waals surface area contributed by atoms with Crippen molar-refractivity contribution in [2.75, 3.05) is 26.7 Å². The van der Waals surface area contributed by atoms with Crippen LogP contribution in [-0.2, 0) is 6.54 Å². The largest absolute Gasteiger partial charge is 0.494 e. The Kier molecular flexibility index (Phi) is 5.02. The summed E-state index contributed by atoms with van der Waals surface area (Å²) >= 11 is 0. The van der Waals surface area contributed by atoms with Crippen LogP contribution in [-0.4, -0.2) is 37.7 Å². The van der Waals surface area contributed by atoms with Gasteiger partial charge in [-0.15, -0.1) is 0 Å². The second-order valence-corrected chi connectivity index (χ2v) is 4.86. The Hall–Kier alpha value is -1.06. The van der Waals surface area contributed by atoms with Crippen LogP contribution in [0.2, 0.25) is 0 Å². The van der Waals surface area contributed by atoms with Gasteiger partial charge in [-0.3, -0.25) is 4.90 Å². The van der Waals surface area contributed by atoms with Crippen molar-refractivity contribution < 1.29 is 4.74 Å². The number of likely N-dealkylation sites (N-methyl/N-ethyl adjacent to an activating group) is 1. The Morgan fingerprint density at radius 1 is 1.39 bits per heavy atom. The summed E-state index contributed by atoms with van der Waals surface area (Å²) in [6.07, 6.45) is 2.61. The summed E-state index contributed by atoms with van der Waals surface area (Å²) in [5.74, 6) is 1.04. The number of hydrogen-bond acceptors (Lipinski definition) is 3. The van der Waals surface area contributed by atoms with Crippen LogP contribution in [0.15, 0.2) is 24.3 Å². The molecule has 2 rings (SSSR count). The van der Waals surface area contributed by atoms with E-state index < -0.39 is 0 Å². The van der Waals surface area contributed by atoms with Gasteiger partial charge in [0.15, 0.2) is 0 Å². The quantitative estimate of drug-likeness (QED) is 0.836. The third-order valence-corrected chi connectivity index (χ3v) is 3.58. The molecule has 1 aliphatic heterocycles. The highest BCUT2D eigenvalue weighted by molar-refractivity contribution is 5.33. The number of benzene rings is 1. The minimum atomic E-state index is 0.671. The zero-order valence-electron chi connectivity index (χ0n) is 11.5. The van der Waals surface area contributed by atoms with Crippen molar-refractivity contribution in [2.45, 2.75) is 32.4 Å². The predicted octanol–water partition coefficient (Wildman–Crippen LogP) is 2.27. The Morgan fingerprint density at radius 3 is 3.00 bits per heavy atom. The van der Waals surface area contributed by atoms with Gasteiger partial charge in [0.05, 0.1) is 6.61 Å². The van der Waals surface area contributed by atoms with Crippen LogP contribution in [0.3, 0.4) is 0 Å². The van der Waals surface area contributed by atoms with E-state index in [1.165, 1.54) is 24.9 Å². The molecule has 3 nitrogen and oxygen atoms in total. The maximum Gasteiger partial charge on any atom is 0.123 e. The molecule has 1 aromatic carbocycles. The van der Waals surface area contributed by atoms with Crippen molar-refractivity contribution in [3.63, 3.8) is 0 Å². The van der Waals surface area contributed by atoms with Gasteiger partial charge in [-0.05, 0) is 39.4 Å². The molecule has 1 unspecified atom stereocenters. The van der Waals surface area contributed by atoms with Crippen molar-refractivity contribution in [1.29, 1.82) is 0 Å². The van der Waals surface area contributed by atoms with Crippen molar-refractivity contribution in [1.82, 2.24) is 10.2 Å². The molecule has 0 saturated carbocycles. The second-order valence-electron chi connectivity index (χ2n) is 4.86. The molecule has 0 spiro atoms. The monoisotopic (exact) mass is 248 g/mol. The maximum atomic E-state index is 5.70. The fourth-order valence-electron chi connectivity index (χ4n) is 2.72. The van der Waals surface area contributed by atoms with E-state index in [0.29, 0.717) is 6.04 Å². The van der Waals surface area contributed by atoms with Crippen LogP contribution in [0, 0.1) is 0 Å². The van der Waals surface area contributed by atoms with Crippen LogP contribution in [0.1, 0.15) is 25.3 Å². The third kappa shape index (κ3) is 3.24. The highest BCUT2D eigenvalue weighted by Crippen LogP contribution is 2.24. The molecular formula is C15H24N2O. The Bertz CT molecular complexity index is 367. The minimum Gasteiger partial charge on any atom is -0.494 e. The van der Waals surface area contributed by atoms with Crippen LogP contribution >= 0.6 is 0 Å². The number of ether oxygens (including phenoxy) is 1. The number of hydrogen-bond donors (Lipinski definition) is 1. The van der Waals surface area contributed by atoms with E-state index >= 15 is 0 Å². The van der Waals surface area contributed by atoms with Crippen LogP contribution in [0.25, 0.3) is 0 Å². The summed E-state index contributed by atoms with van der Waals surface area (Å²) < 4.78 is 5.70. The lowest BCUT2D eigenvalue weighted by atomic mass is 10.1. The molecule has 100 valence electrons. The van der Waals surface area contributed by atoms with Gasteiger partial charge in [0, 0.05) is 24.7 Å². The fourth-order valence-corrected chi connectivity index (χ4v) is 2.72. The van der Waals surface area contributed by atoms with Crippen molar-refractivity contribution in [3.8, 4) is 5.75 Å². The normalized spacial score (nSPS) is 20.2. The standard InChI is InChI=1S/C15H24N2O/c1-3-18-15-9-5-4-7-13(15)12-17-10-6-8-14(17)11-16-2/h4-5,7,9,14,16H,3,6,8,10-12H2,1-2H3. The van der Waals surface area contributed by atoms with Gasteiger partial charge < -0.3 is 10.1 Å². The minimum absolute atomic E-state index is 0.671. The maximum absolute atomic E-state index is 5.70. The molecule has 1 N–H and O–H groups in total. The molecule has 18 heavy (non-hydrogen) atoms. The smallest absolute Gasteiger partial charge is 0.123 e. The van der Waals surface area contributed by atoms with Gasteiger partial charge >= 0.3 is 0 Å². The molecule has 0 aliphatic carbocycles. The molecular weight excluding hydrogens is 224 g/mol.